The molecule has 18 heavy (non-hydrogen) atoms. The van der Waals surface area contributed by atoms with Gasteiger partial charge in [0.05, 0.1) is 13.2 Å². The van der Waals surface area contributed by atoms with Crippen LogP contribution in [0, 0.1) is 0 Å². The minimum absolute atomic E-state index is 0.138. The van der Waals surface area contributed by atoms with Crippen molar-refractivity contribution in [2.45, 2.75) is 26.8 Å². The van der Waals surface area contributed by atoms with Gasteiger partial charge in [-0.1, -0.05) is 19.1 Å². The quantitative estimate of drug-likeness (QED) is 0.661. The smallest absolute Gasteiger partial charge is 0.165 e. The minimum atomic E-state index is 0.138. The zero-order chi connectivity index (χ0) is 13.2. The van der Waals surface area contributed by atoms with Crippen LogP contribution < -0.4 is 14.8 Å². The third-order valence-corrected chi connectivity index (χ3v) is 2.47. The summed E-state index contributed by atoms with van der Waals surface area (Å²) >= 11 is 0. The first-order chi connectivity index (χ1) is 8.83. The summed E-state index contributed by atoms with van der Waals surface area (Å²) < 4.78 is 11.3. The van der Waals surface area contributed by atoms with Crippen molar-refractivity contribution < 1.29 is 14.6 Å². The maximum atomic E-state index is 8.80. The zero-order valence-corrected chi connectivity index (χ0v) is 11.2. The fourth-order valence-corrected chi connectivity index (χ4v) is 1.63. The molecule has 4 heteroatoms. The topological polar surface area (TPSA) is 50.7 Å². The SMILES string of the molecule is CCNCc1cccc(OCC)c1OCCCO. The van der Waals surface area contributed by atoms with E-state index in [1.54, 1.807) is 0 Å². The average molecular weight is 253 g/mol. The fourth-order valence-electron chi connectivity index (χ4n) is 1.63. The van der Waals surface area contributed by atoms with Crippen LogP contribution in [0.2, 0.25) is 0 Å². The molecule has 0 radical (unpaired) electrons. The molecule has 1 rings (SSSR count). The molecule has 0 aliphatic heterocycles. The first-order valence-electron chi connectivity index (χ1n) is 6.52. The molecule has 0 atom stereocenters. The maximum absolute atomic E-state index is 8.80. The van der Waals surface area contributed by atoms with Crippen LogP contribution in [-0.2, 0) is 6.54 Å². The lowest BCUT2D eigenvalue weighted by Gasteiger charge is -2.16. The molecular weight excluding hydrogens is 230 g/mol. The van der Waals surface area contributed by atoms with E-state index in [0.29, 0.717) is 19.6 Å². The highest BCUT2D eigenvalue weighted by Crippen LogP contribution is 2.31. The number of aliphatic hydroxyl groups is 1. The van der Waals surface area contributed by atoms with Gasteiger partial charge in [0.2, 0.25) is 0 Å². The van der Waals surface area contributed by atoms with Crippen LogP contribution in [0.15, 0.2) is 18.2 Å². The summed E-state index contributed by atoms with van der Waals surface area (Å²) in [6, 6.07) is 5.91. The van der Waals surface area contributed by atoms with Crippen molar-refractivity contribution in [2.24, 2.45) is 0 Å². The standard InChI is InChI=1S/C14H23NO3/c1-3-15-11-12-7-5-8-13(17-4-2)14(12)18-10-6-9-16/h5,7-8,15-16H,3-4,6,9-11H2,1-2H3. The highest BCUT2D eigenvalue weighted by atomic mass is 16.5. The molecule has 0 spiro atoms. The third-order valence-electron chi connectivity index (χ3n) is 2.47. The fraction of sp³-hybridized carbons (Fsp3) is 0.571. The molecule has 0 aliphatic rings. The molecule has 0 aliphatic carbocycles. The zero-order valence-electron chi connectivity index (χ0n) is 11.2. The molecule has 0 saturated carbocycles. The van der Waals surface area contributed by atoms with Crippen LogP contribution in [0.1, 0.15) is 25.8 Å². The Kier molecular flexibility index (Phi) is 7.22. The van der Waals surface area contributed by atoms with Crippen LogP contribution in [0.25, 0.3) is 0 Å². The number of nitrogens with one attached hydrogen (secondary N) is 1. The Morgan fingerprint density at radius 2 is 2.06 bits per heavy atom. The molecule has 4 nitrogen and oxygen atoms in total. The molecule has 0 fully saturated rings. The first-order valence-corrected chi connectivity index (χ1v) is 6.52. The Morgan fingerprint density at radius 3 is 2.72 bits per heavy atom. The van der Waals surface area contributed by atoms with Crippen LogP contribution in [0.3, 0.4) is 0 Å². The van der Waals surface area contributed by atoms with Crippen molar-refractivity contribution in [3.63, 3.8) is 0 Å². The van der Waals surface area contributed by atoms with Gasteiger partial charge in [-0.15, -0.1) is 0 Å². The normalized spacial score (nSPS) is 10.4. The molecule has 102 valence electrons. The molecule has 1 aromatic carbocycles. The Bertz CT molecular complexity index is 342. The molecule has 0 heterocycles. The van der Waals surface area contributed by atoms with Crippen molar-refractivity contribution >= 4 is 0 Å². The summed E-state index contributed by atoms with van der Waals surface area (Å²) in [6.07, 6.45) is 0.626. The molecule has 0 bridgehead atoms. The second kappa shape index (κ2) is 8.78. The van der Waals surface area contributed by atoms with E-state index in [1.807, 2.05) is 25.1 Å². The first kappa shape index (κ1) is 14.8. The van der Waals surface area contributed by atoms with E-state index in [9.17, 15) is 0 Å². The monoisotopic (exact) mass is 253 g/mol. The Balaban J connectivity index is 2.81. The maximum Gasteiger partial charge on any atom is 0.165 e. The molecule has 0 unspecified atom stereocenters. The van der Waals surface area contributed by atoms with E-state index in [0.717, 1.165) is 30.2 Å². The van der Waals surface area contributed by atoms with Crippen LogP contribution >= 0.6 is 0 Å². The van der Waals surface area contributed by atoms with Gasteiger partial charge in [0.25, 0.3) is 0 Å². The van der Waals surface area contributed by atoms with Gasteiger partial charge in [-0.25, -0.2) is 0 Å². The Morgan fingerprint density at radius 1 is 1.22 bits per heavy atom. The molecule has 0 amide bonds. The number of rotatable bonds is 9. The van der Waals surface area contributed by atoms with Crippen LogP contribution in [0.4, 0.5) is 0 Å². The van der Waals surface area contributed by atoms with E-state index >= 15 is 0 Å². The van der Waals surface area contributed by atoms with E-state index in [2.05, 4.69) is 12.2 Å². The molecular formula is C14H23NO3. The number of benzene rings is 1. The van der Waals surface area contributed by atoms with Gasteiger partial charge in [0.1, 0.15) is 0 Å². The summed E-state index contributed by atoms with van der Waals surface area (Å²) in [5, 5.41) is 12.1. The molecule has 0 aromatic heterocycles. The summed E-state index contributed by atoms with van der Waals surface area (Å²) in [7, 11) is 0. The summed E-state index contributed by atoms with van der Waals surface area (Å²) in [6.45, 7) is 6.94. The van der Waals surface area contributed by atoms with Gasteiger partial charge in [0, 0.05) is 25.1 Å². The predicted molar refractivity (Wildman–Crippen MR) is 72.2 cm³/mol. The lowest BCUT2D eigenvalue weighted by Crippen LogP contribution is -2.14. The van der Waals surface area contributed by atoms with Crippen LogP contribution in [0.5, 0.6) is 11.5 Å². The molecule has 1 aromatic rings. The minimum Gasteiger partial charge on any atom is -0.490 e. The van der Waals surface area contributed by atoms with E-state index < -0.39 is 0 Å². The largest absolute Gasteiger partial charge is 0.490 e. The summed E-state index contributed by atoms with van der Waals surface area (Å²) in [5.41, 5.74) is 1.08. The van der Waals surface area contributed by atoms with Gasteiger partial charge in [-0.05, 0) is 19.5 Å². The van der Waals surface area contributed by atoms with E-state index in [4.69, 9.17) is 14.6 Å². The lowest BCUT2D eigenvalue weighted by molar-refractivity contribution is 0.223. The number of para-hydroxylation sites is 1. The predicted octanol–water partition coefficient (Wildman–Crippen LogP) is 1.96. The second-order valence-corrected chi connectivity index (χ2v) is 3.88. The van der Waals surface area contributed by atoms with Crippen molar-refractivity contribution in [3.05, 3.63) is 23.8 Å². The van der Waals surface area contributed by atoms with Crippen molar-refractivity contribution in [1.82, 2.24) is 5.32 Å². The number of aliphatic hydroxyl groups excluding tert-OH is 1. The molecule has 2 N–H and O–H groups in total. The van der Waals surface area contributed by atoms with Crippen molar-refractivity contribution in [3.8, 4) is 11.5 Å². The van der Waals surface area contributed by atoms with Gasteiger partial charge >= 0.3 is 0 Å². The highest BCUT2D eigenvalue weighted by Gasteiger charge is 2.10. The van der Waals surface area contributed by atoms with Gasteiger partial charge in [-0.3, -0.25) is 0 Å². The lowest BCUT2D eigenvalue weighted by atomic mass is 10.2. The number of ether oxygens (including phenoxy) is 2. The van der Waals surface area contributed by atoms with Gasteiger partial charge in [0.15, 0.2) is 11.5 Å². The van der Waals surface area contributed by atoms with Gasteiger partial charge < -0.3 is 19.9 Å². The third kappa shape index (κ3) is 4.55. The Hall–Kier alpha value is -1.26. The highest BCUT2D eigenvalue weighted by molar-refractivity contribution is 5.46. The van der Waals surface area contributed by atoms with E-state index in [-0.39, 0.29) is 6.61 Å². The van der Waals surface area contributed by atoms with Crippen molar-refractivity contribution in [1.29, 1.82) is 0 Å². The molecule has 0 saturated heterocycles. The second-order valence-electron chi connectivity index (χ2n) is 3.88. The van der Waals surface area contributed by atoms with Crippen LogP contribution in [-0.4, -0.2) is 31.5 Å². The number of hydrogen-bond donors (Lipinski definition) is 2. The summed E-state index contributed by atoms with van der Waals surface area (Å²) in [4.78, 5) is 0. The average Bonchev–Trinajstić information content (AvgIpc) is 2.39. The van der Waals surface area contributed by atoms with Crippen molar-refractivity contribution in [2.75, 3.05) is 26.4 Å². The summed E-state index contributed by atoms with van der Waals surface area (Å²) in [5.74, 6) is 1.56. The van der Waals surface area contributed by atoms with Gasteiger partial charge in [-0.2, -0.15) is 0 Å². The number of hydrogen-bond acceptors (Lipinski definition) is 4. The van der Waals surface area contributed by atoms with E-state index in [1.165, 1.54) is 0 Å². The Labute approximate surface area is 109 Å².